The predicted molar refractivity (Wildman–Crippen MR) is 81.0 cm³/mol. The Morgan fingerprint density at radius 1 is 1.11 bits per heavy atom. The van der Waals surface area contributed by atoms with Crippen LogP contribution in [0.25, 0.3) is 6.08 Å². The number of nitrogens with zero attached hydrogens (tertiary/aromatic N) is 1. The van der Waals surface area contributed by atoms with E-state index >= 15 is 0 Å². The zero-order chi connectivity index (χ0) is 13.2. The van der Waals surface area contributed by atoms with Crippen LogP contribution in [0.15, 0.2) is 54.4 Å². The number of hydrogen-bond donors (Lipinski definition) is 0. The molecule has 0 N–H and O–H groups in total. The van der Waals surface area contributed by atoms with Crippen molar-refractivity contribution in [2.24, 2.45) is 7.05 Å². The van der Waals surface area contributed by atoms with Gasteiger partial charge in [0.25, 0.3) is 0 Å². The fraction of sp³-hybridized carbons (Fsp3) is 0.312. The van der Waals surface area contributed by atoms with Gasteiger partial charge in [-0.25, -0.2) is 4.57 Å². The van der Waals surface area contributed by atoms with E-state index in [1.165, 1.54) is 11.1 Å². The van der Waals surface area contributed by atoms with Crippen LogP contribution in [0.1, 0.15) is 5.56 Å². The van der Waals surface area contributed by atoms with Gasteiger partial charge in [-0.1, -0.05) is 50.0 Å². The molecule has 0 aromatic carbocycles. The molecule has 2 rings (SSSR count). The molecule has 1 aliphatic carbocycles. The highest BCUT2D eigenvalue weighted by Crippen LogP contribution is 2.35. The highest BCUT2D eigenvalue weighted by Gasteiger charge is 2.28. The topological polar surface area (TPSA) is 3.88 Å². The maximum atomic E-state index is 2.43. The zero-order valence-corrected chi connectivity index (χ0v) is 12.7. The van der Waals surface area contributed by atoms with Gasteiger partial charge in [-0.2, -0.15) is 0 Å². The van der Waals surface area contributed by atoms with Crippen molar-refractivity contribution in [1.29, 1.82) is 0 Å². The van der Waals surface area contributed by atoms with Gasteiger partial charge in [0, 0.05) is 12.1 Å². The van der Waals surface area contributed by atoms with Crippen molar-refractivity contribution < 1.29 is 4.57 Å². The Kier molecular flexibility index (Phi) is 3.67. The average Bonchev–Trinajstić information content (AvgIpc) is 2.76. The van der Waals surface area contributed by atoms with E-state index in [2.05, 4.69) is 79.1 Å². The molecule has 18 heavy (non-hydrogen) atoms. The van der Waals surface area contributed by atoms with Crippen LogP contribution in [0, 0.1) is 0 Å². The van der Waals surface area contributed by atoms with Crippen molar-refractivity contribution in [3.05, 3.63) is 60.0 Å². The van der Waals surface area contributed by atoms with Gasteiger partial charge in [-0.3, -0.25) is 0 Å². The molecule has 0 fully saturated rings. The highest BCUT2D eigenvalue weighted by atomic mass is 28.3. The molecule has 0 bridgehead atoms. The van der Waals surface area contributed by atoms with E-state index in [0.717, 1.165) is 0 Å². The standard InChI is InChI=1S/C16H22NSi/c1-17-12-10-14(11-13-17)8-9-15-6-5-7-16(15)18(2,3)4/h5-13,16H,1-4H3/q+1. The summed E-state index contributed by atoms with van der Waals surface area (Å²) in [7, 11) is 0.895. The van der Waals surface area contributed by atoms with Gasteiger partial charge in [-0.15, -0.1) is 0 Å². The van der Waals surface area contributed by atoms with Crippen LogP contribution in [0.4, 0.5) is 0 Å². The normalized spacial score (nSPS) is 19.6. The van der Waals surface area contributed by atoms with Gasteiger partial charge in [0.2, 0.25) is 0 Å². The van der Waals surface area contributed by atoms with Gasteiger partial charge in [0.15, 0.2) is 12.4 Å². The number of pyridine rings is 1. The maximum Gasteiger partial charge on any atom is 0.169 e. The molecule has 1 aromatic heterocycles. The highest BCUT2D eigenvalue weighted by molar-refractivity contribution is 6.78. The lowest BCUT2D eigenvalue weighted by molar-refractivity contribution is -0.671. The van der Waals surface area contributed by atoms with Crippen molar-refractivity contribution in [1.82, 2.24) is 0 Å². The first-order valence-electron chi connectivity index (χ1n) is 6.48. The number of aromatic nitrogens is 1. The van der Waals surface area contributed by atoms with Crippen molar-refractivity contribution in [2.75, 3.05) is 0 Å². The Labute approximate surface area is 111 Å². The summed E-state index contributed by atoms with van der Waals surface area (Å²) in [5.41, 5.74) is 3.38. The van der Waals surface area contributed by atoms with Crippen molar-refractivity contribution in [3.63, 3.8) is 0 Å². The Hall–Kier alpha value is -1.41. The van der Waals surface area contributed by atoms with Crippen LogP contribution in [0.5, 0.6) is 0 Å². The third-order valence-corrected chi connectivity index (χ3v) is 5.75. The monoisotopic (exact) mass is 256 g/mol. The summed E-state index contributed by atoms with van der Waals surface area (Å²) in [6, 6.07) is 4.28. The van der Waals surface area contributed by atoms with E-state index in [1.807, 2.05) is 7.05 Å². The molecule has 0 amide bonds. The van der Waals surface area contributed by atoms with E-state index in [4.69, 9.17) is 0 Å². The van der Waals surface area contributed by atoms with Gasteiger partial charge in [0.1, 0.15) is 7.05 Å². The summed E-state index contributed by atoms with van der Waals surface area (Å²) >= 11 is 0. The van der Waals surface area contributed by atoms with Crippen molar-refractivity contribution >= 4 is 14.1 Å². The zero-order valence-electron chi connectivity index (χ0n) is 11.7. The van der Waals surface area contributed by atoms with Crippen molar-refractivity contribution in [3.8, 4) is 0 Å². The minimum Gasteiger partial charge on any atom is -0.208 e. The molecular formula is C16H22NSi+. The molecule has 1 aliphatic rings. The summed E-state index contributed by atoms with van der Waals surface area (Å²) in [6.07, 6.45) is 15.5. The third-order valence-electron chi connectivity index (χ3n) is 3.36. The Balaban J connectivity index is 2.13. The smallest absolute Gasteiger partial charge is 0.169 e. The number of allylic oxidation sites excluding steroid dienone is 5. The molecule has 1 heterocycles. The molecule has 1 atom stereocenters. The summed E-state index contributed by atoms with van der Waals surface area (Å²) in [4.78, 5) is 0. The molecule has 0 saturated heterocycles. The third kappa shape index (κ3) is 3.08. The molecular weight excluding hydrogens is 234 g/mol. The van der Waals surface area contributed by atoms with Gasteiger partial charge in [0.05, 0.1) is 8.07 Å². The molecule has 0 radical (unpaired) electrons. The quantitative estimate of drug-likeness (QED) is 0.573. The first-order chi connectivity index (χ1) is 8.47. The second-order valence-electron chi connectivity index (χ2n) is 6.03. The SMILES string of the molecule is C[n+]1ccc(C=CC2=CC=CC2[Si](C)(C)C)cc1. The van der Waals surface area contributed by atoms with E-state index in [1.54, 1.807) is 0 Å². The second kappa shape index (κ2) is 5.07. The Morgan fingerprint density at radius 2 is 1.78 bits per heavy atom. The number of aryl methyl sites for hydroxylation is 1. The summed E-state index contributed by atoms with van der Waals surface area (Å²) in [6.45, 7) is 7.28. The lowest BCUT2D eigenvalue weighted by Gasteiger charge is -2.25. The summed E-state index contributed by atoms with van der Waals surface area (Å²) in [5, 5.41) is 0. The van der Waals surface area contributed by atoms with Crippen LogP contribution in [0.2, 0.25) is 25.2 Å². The molecule has 0 spiro atoms. The first-order valence-corrected chi connectivity index (χ1v) is 10.1. The minimum atomic E-state index is -1.14. The first kappa shape index (κ1) is 13.0. The van der Waals surface area contributed by atoms with E-state index in [9.17, 15) is 0 Å². The van der Waals surface area contributed by atoms with E-state index in [0.29, 0.717) is 5.54 Å². The van der Waals surface area contributed by atoms with Crippen LogP contribution < -0.4 is 4.57 Å². The predicted octanol–water partition coefficient (Wildman–Crippen LogP) is 3.73. The molecule has 2 heteroatoms. The summed E-state index contributed by atoms with van der Waals surface area (Å²) in [5.74, 6) is 0. The largest absolute Gasteiger partial charge is 0.208 e. The Morgan fingerprint density at radius 3 is 2.39 bits per heavy atom. The number of rotatable bonds is 3. The second-order valence-corrected chi connectivity index (χ2v) is 11.4. The molecule has 1 nitrogen and oxygen atoms in total. The van der Waals surface area contributed by atoms with E-state index < -0.39 is 8.07 Å². The minimum absolute atomic E-state index is 0.661. The van der Waals surface area contributed by atoms with Gasteiger partial charge in [-0.05, 0) is 16.7 Å². The molecule has 1 unspecified atom stereocenters. The Bertz CT molecular complexity index is 501. The van der Waals surface area contributed by atoms with E-state index in [-0.39, 0.29) is 0 Å². The maximum absolute atomic E-state index is 2.43. The lowest BCUT2D eigenvalue weighted by atomic mass is 10.1. The molecule has 0 aliphatic heterocycles. The van der Waals surface area contributed by atoms with Crippen LogP contribution in [-0.2, 0) is 7.05 Å². The molecule has 94 valence electrons. The fourth-order valence-corrected chi connectivity index (χ4v) is 4.14. The van der Waals surface area contributed by atoms with Gasteiger partial charge >= 0.3 is 0 Å². The molecule has 0 saturated carbocycles. The van der Waals surface area contributed by atoms with Crippen molar-refractivity contribution in [2.45, 2.75) is 25.2 Å². The number of hydrogen-bond acceptors (Lipinski definition) is 0. The van der Waals surface area contributed by atoms with Crippen LogP contribution in [-0.4, -0.2) is 8.07 Å². The lowest BCUT2D eigenvalue weighted by Crippen LogP contribution is -2.26. The molecule has 1 aromatic rings. The fourth-order valence-electron chi connectivity index (χ4n) is 2.26. The summed E-state index contributed by atoms with van der Waals surface area (Å²) < 4.78 is 2.05. The van der Waals surface area contributed by atoms with Crippen LogP contribution >= 0.6 is 0 Å². The van der Waals surface area contributed by atoms with Gasteiger partial charge < -0.3 is 0 Å². The van der Waals surface area contributed by atoms with Crippen LogP contribution in [0.3, 0.4) is 0 Å². The average molecular weight is 256 g/mol.